The lowest BCUT2D eigenvalue weighted by atomic mass is 10.0. The molecule has 1 saturated heterocycles. The first-order valence-corrected chi connectivity index (χ1v) is 6.82. The summed E-state index contributed by atoms with van der Waals surface area (Å²) in [6, 6.07) is 9.41. The van der Waals surface area contributed by atoms with Crippen LogP contribution < -0.4 is 10.2 Å². The number of rotatable bonds is 3. The van der Waals surface area contributed by atoms with E-state index in [1.807, 2.05) is 0 Å². The monoisotopic (exact) mass is 248 g/mol. The number of nitrogens with one attached hydrogen (secondary N) is 1. The number of nitrogens with zero attached hydrogens (tertiary/aromatic N) is 1. The predicted molar refractivity (Wildman–Crippen MR) is 76.2 cm³/mol. The molecule has 1 fully saturated rings. The van der Waals surface area contributed by atoms with Crippen LogP contribution in [0.4, 0.5) is 5.69 Å². The lowest BCUT2D eigenvalue weighted by Gasteiger charge is -2.38. The van der Waals surface area contributed by atoms with E-state index in [-0.39, 0.29) is 12.6 Å². The molecule has 0 radical (unpaired) electrons. The third-order valence-electron chi connectivity index (χ3n) is 3.60. The third kappa shape index (κ3) is 3.03. The van der Waals surface area contributed by atoms with Crippen LogP contribution >= 0.6 is 0 Å². The van der Waals surface area contributed by atoms with Gasteiger partial charge in [-0.05, 0) is 30.5 Å². The van der Waals surface area contributed by atoms with E-state index in [2.05, 4.69) is 55.3 Å². The van der Waals surface area contributed by atoms with Crippen LogP contribution in [0, 0.1) is 0 Å². The van der Waals surface area contributed by atoms with E-state index in [0.717, 1.165) is 13.1 Å². The molecule has 3 nitrogen and oxygen atoms in total. The second-order valence-corrected chi connectivity index (χ2v) is 5.60. The first-order valence-electron chi connectivity index (χ1n) is 6.82. The molecule has 0 amide bonds. The van der Waals surface area contributed by atoms with Crippen LogP contribution in [0.2, 0.25) is 0 Å². The summed E-state index contributed by atoms with van der Waals surface area (Å²) in [6.45, 7) is 8.66. The van der Waals surface area contributed by atoms with Crippen LogP contribution in [0.3, 0.4) is 0 Å². The molecule has 100 valence electrons. The van der Waals surface area contributed by atoms with Gasteiger partial charge in [-0.2, -0.15) is 0 Å². The molecule has 0 aliphatic carbocycles. The summed E-state index contributed by atoms with van der Waals surface area (Å²) in [5.74, 6) is 0.575. The minimum atomic E-state index is 0.179. The van der Waals surface area contributed by atoms with E-state index in [1.165, 1.54) is 11.3 Å². The lowest BCUT2D eigenvalue weighted by Crippen LogP contribution is -2.56. The predicted octanol–water partition coefficient (Wildman–Crippen LogP) is 1.97. The van der Waals surface area contributed by atoms with Gasteiger partial charge >= 0.3 is 0 Å². The van der Waals surface area contributed by atoms with Gasteiger partial charge in [-0.1, -0.05) is 26.0 Å². The lowest BCUT2D eigenvalue weighted by molar-refractivity contribution is 0.221. The molecule has 1 aliphatic heterocycles. The molecule has 0 spiro atoms. The molecule has 18 heavy (non-hydrogen) atoms. The number of piperazine rings is 1. The first-order chi connectivity index (χ1) is 8.60. The topological polar surface area (TPSA) is 35.5 Å². The Morgan fingerprint density at radius 3 is 2.50 bits per heavy atom. The molecule has 1 heterocycles. The number of aliphatic hydroxyl groups is 1. The van der Waals surface area contributed by atoms with Crippen molar-refractivity contribution in [1.29, 1.82) is 0 Å². The highest BCUT2D eigenvalue weighted by Gasteiger charge is 2.23. The Morgan fingerprint density at radius 1 is 1.28 bits per heavy atom. The maximum absolute atomic E-state index is 9.30. The molecule has 2 atom stereocenters. The van der Waals surface area contributed by atoms with Crippen molar-refractivity contribution in [3.05, 3.63) is 29.8 Å². The Bertz CT molecular complexity index is 375. The summed E-state index contributed by atoms with van der Waals surface area (Å²) in [6.07, 6.45) is 0. The molecule has 2 rings (SSSR count). The summed E-state index contributed by atoms with van der Waals surface area (Å²) in [5.41, 5.74) is 2.63. The van der Waals surface area contributed by atoms with Crippen LogP contribution in [-0.4, -0.2) is 36.9 Å². The van der Waals surface area contributed by atoms with Crippen LogP contribution in [0.5, 0.6) is 0 Å². The molecule has 0 saturated carbocycles. The zero-order valence-corrected chi connectivity index (χ0v) is 11.6. The summed E-state index contributed by atoms with van der Waals surface area (Å²) < 4.78 is 0. The SMILES string of the molecule is CC1CN(c2ccc(C(C)C)cc2)CC(CO)N1. The van der Waals surface area contributed by atoms with Gasteiger partial charge in [0.15, 0.2) is 0 Å². The van der Waals surface area contributed by atoms with Gasteiger partial charge in [-0.3, -0.25) is 0 Å². The molecule has 0 aromatic heterocycles. The number of benzene rings is 1. The normalized spacial score (nSPS) is 24.6. The first kappa shape index (κ1) is 13.4. The Balaban J connectivity index is 2.10. The third-order valence-corrected chi connectivity index (χ3v) is 3.60. The smallest absolute Gasteiger partial charge is 0.0602 e. The fraction of sp³-hybridized carbons (Fsp3) is 0.600. The standard InChI is InChI=1S/C15H24N2O/c1-11(2)13-4-6-15(7-5-13)17-8-12(3)16-14(9-17)10-18/h4-7,11-12,14,16,18H,8-10H2,1-3H3. The van der Waals surface area contributed by atoms with Gasteiger partial charge < -0.3 is 15.3 Å². The summed E-state index contributed by atoms with van der Waals surface area (Å²) in [7, 11) is 0. The molecule has 3 heteroatoms. The van der Waals surface area contributed by atoms with Crippen molar-refractivity contribution in [2.75, 3.05) is 24.6 Å². The highest BCUT2D eigenvalue weighted by Crippen LogP contribution is 2.21. The minimum Gasteiger partial charge on any atom is -0.395 e. The molecule has 1 aromatic rings. The van der Waals surface area contributed by atoms with Gasteiger partial charge in [0, 0.05) is 30.9 Å². The Hall–Kier alpha value is -1.06. The van der Waals surface area contributed by atoms with Crippen LogP contribution in [0.1, 0.15) is 32.3 Å². The van der Waals surface area contributed by atoms with Crippen molar-refractivity contribution in [2.24, 2.45) is 0 Å². The summed E-state index contributed by atoms with van der Waals surface area (Å²) >= 11 is 0. The van der Waals surface area contributed by atoms with E-state index in [4.69, 9.17) is 0 Å². The Kier molecular flexibility index (Phi) is 4.25. The van der Waals surface area contributed by atoms with E-state index in [9.17, 15) is 5.11 Å². The average molecular weight is 248 g/mol. The van der Waals surface area contributed by atoms with Crippen LogP contribution in [0.15, 0.2) is 24.3 Å². The van der Waals surface area contributed by atoms with Crippen molar-refractivity contribution in [3.63, 3.8) is 0 Å². The largest absolute Gasteiger partial charge is 0.395 e. The molecule has 0 bridgehead atoms. The highest BCUT2D eigenvalue weighted by molar-refractivity contribution is 5.49. The zero-order chi connectivity index (χ0) is 13.1. The Labute approximate surface area is 110 Å². The van der Waals surface area contributed by atoms with Crippen molar-refractivity contribution >= 4 is 5.69 Å². The van der Waals surface area contributed by atoms with Crippen molar-refractivity contribution in [1.82, 2.24) is 5.32 Å². The molecule has 1 aliphatic rings. The summed E-state index contributed by atoms with van der Waals surface area (Å²) in [4.78, 5) is 2.35. The Morgan fingerprint density at radius 2 is 1.94 bits per heavy atom. The average Bonchev–Trinajstić information content (AvgIpc) is 2.38. The van der Waals surface area contributed by atoms with Crippen molar-refractivity contribution in [2.45, 2.75) is 38.8 Å². The minimum absolute atomic E-state index is 0.179. The van der Waals surface area contributed by atoms with Crippen molar-refractivity contribution < 1.29 is 5.11 Å². The van der Waals surface area contributed by atoms with Gasteiger partial charge in [0.05, 0.1) is 6.61 Å². The molecule has 1 aromatic carbocycles. The number of aliphatic hydroxyl groups excluding tert-OH is 1. The second-order valence-electron chi connectivity index (χ2n) is 5.60. The fourth-order valence-electron chi connectivity index (χ4n) is 2.57. The fourth-order valence-corrected chi connectivity index (χ4v) is 2.57. The zero-order valence-electron chi connectivity index (χ0n) is 11.6. The van der Waals surface area contributed by atoms with Gasteiger partial charge in [-0.15, -0.1) is 0 Å². The number of anilines is 1. The van der Waals surface area contributed by atoms with Gasteiger partial charge in [0.2, 0.25) is 0 Å². The van der Waals surface area contributed by atoms with Crippen LogP contribution in [0.25, 0.3) is 0 Å². The van der Waals surface area contributed by atoms with E-state index in [0.29, 0.717) is 12.0 Å². The number of hydrogen-bond donors (Lipinski definition) is 2. The molecular formula is C15H24N2O. The van der Waals surface area contributed by atoms with E-state index < -0.39 is 0 Å². The molecule has 2 unspecified atom stereocenters. The summed E-state index contributed by atoms with van der Waals surface area (Å²) in [5, 5.41) is 12.7. The quantitative estimate of drug-likeness (QED) is 0.858. The number of hydrogen-bond acceptors (Lipinski definition) is 3. The van der Waals surface area contributed by atoms with E-state index in [1.54, 1.807) is 0 Å². The second kappa shape index (κ2) is 5.72. The van der Waals surface area contributed by atoms with E-state index >= 15 is 0 Å². The molecule has 2 N–H and O–H groups in total. The van der Waals surface area contributed by atoms with Gasteiger partial charge in [0.1, 0.15) is 0 Å². The van der Waals surface area contributed by atoms with Gasteiger partial charge in [-0.25, -0.2) is 0 Å². The van der Waals surface area contributed by atoms with Crippen molar-refractivity contribution in [3.8, 4) is 0 Å². The highest BCUT2D eigenvalue weighted by atomic mass is 16.3. The maximum Gasteiger partial charge on any atom is 0.0602 e. The van der Waals surface area contributed by atoms with Crippen LogP contribution in [-0.2, 0) is 0 Å². The maximum atomic E-state index is 9.30. The van der Waals surface area contributed by atoms with Gasteiger partial charge in [0.25, 0.3) is 0 Å². The molecular weight excluding hydrogens is 224 g/mol.